The van der Waals surface area contributed by atoms with E-state index in [1.807, 2.05) is 0 Å². The minimum Gasteiger partial charge on any atom is -0.327 e. The van der Waals surface area contributed by atoms with Crippen LogP contribution in [-0.4, -0.2) is 38.1 Å². The van der Waals surface area contributed by atoms with Crippen LogP contribution in [0.3, 0.4) is 0 Å². The van der Waals surface area contributed by atoms with E-state index in [1.54, 1.807) is 12.2 Å². The largest absolute Gasteiger partial charge is 0.327 e. The molecule has 0 aliphatic carbocycles. The van der Waals surface area contributed by atoms with Crippen molar-refractivity contribution < 1.29 is 8.42 Å². The third-order valence-corrected chi connectivity index (χ3v) is 3.74. The van der Waals surface area contributed by atoms with Crippen molar-refractivity contribution in [3.63, 3.8) is 0 Å². The van der Waals surface area contributed by atoms with E-state index in [0.29, 0.717) is 25.4 Å². The molecule has 1 aliphatic heterocycles. The molecule has 1 fully saturated rings. The molecule has 0 radical (unpaired) electrons. The summed E-state index contributed by atoms with van der Waals surface area (Å²) >= 11 is 0. The highest BCUT2D eigenvalue weighted by atomic mass is 32.2. The number of sulfonamides is 1. The Balaban J connectivity index is 2.48. The Bertz CT molecular complexity index is 259. The Morgan fingerprint density at radius 3 is 2.67 bits per heavy atom. The molecule has 1 rings (SSSR count). The molecule has 1 aliphatic rings. The van der Waals surface area contributed by atoms with E-state index in [2.05, 4.69) is 0 Å². The molecule has 12 heavy (non-hydrogen) atoms. The summed E-state index contributed by atoms with van der Waals surface area (Å²) in [5.74, 6) is 0.295. The van der Waals surface area contributed by atoms with Gasteiger partial charge in [-0.3, -0.25) is 0 Å². The first-order valence-corrected chi connectivity index (χ1v) is 5.60. The van der Waals surface area contributed by atoms with E-state index in [1.165, 1.54) is 4.31 Å². The third kappa shape index (κ3) is 2.30. The fourth-order valence-electron chi connectivity index (χ4n) is 1.18. The Morgan fingerprint density at radius 1 is 1.42 bits per heavy atom. The fraction of sp³-hybridized carbons (Fsp3) is 0.714. The molecule has 0 spiro atoms. The van der Waals surface area contributed by atoms with E-state index < -0.39 is 10.0 Å². The zero-order chi connectivity index (χ0) is 9.03. The number of rotatable bonds is 3. The molecular formula is C7H14N2O2S. The molecule has 0 aromatic carbocycles. The maximum absolute atomic E-state index is 11.2. The van der Waals surface area contributed by atoms with Gasteiger partial charge in [0.25, 0.3) is 0 Å². The van der Waals surface area contributed by atoms with E-state index in [4.69, 9.17) is 5.73 Å². The smallest absolute Gasteiger partial charge is 0.214 e. The summed E-state index contributed by atoms with van der Waals surface area (Å²) in [6.45, 7) is 1.59. The Kier molecular flexibility index (Phi) is 3.25. The monoisotopic (exact) mass is 190 g/mol. The van der Waals surface area contributed by atoms with Crippen LogP contribution in [0.5, 0.6) is 0 Å². The Labute approximate surface area is 73.1 Å². The molecule has 5 heteroatoms. The normalized spacial score (nSPS) is 23.8. The lowest BCUT2D eigenvalue weighted by atomic mass is 10.4. The van der Waals surface area contributed by atoms with Crippen LogP contribution in [0.1, 0.15) is 6.42 Å². The molecule has 70 valence electrons. The SMILES string of the molecule is NC/C=C/CN1CCCS1(=O)=O. The molecular weight excluding hydrogens is 176 g/mol. The van der Waals surface area contributed by atoms with Gasteiger partial charge in [-0.1, -0.05) is 12.2 Å². The first-order valence-electron chi connectivity index (χ1n) is 4.00. The van der Waals surface area contributed by atoms with Crippen LogP contribution in [0.15, 0.2) is 12.2 Å². The summed E-state index contributed by atoms with van der Waals surface area (Å²) in [6.07, 6.45) is 4.31. The lowest BCUT2D eigenvalue weighted by Gasteiger charge is -2.10. The van der Waals surface area contributed by atoms with Crippen LogP contribution in [0.4, 0.5) is 0 Å². The Hall–Kier alpha value is -0.390. The summed E-state index contributed by atoms with van der Waals surface area (Å²) in [4.78, 5) is 0. The highest BCUT2D eigenvalue weighted by molar-refractivity contribution is 7.89. The summed E-state index contributed by atoms with van der Waals surface area (Å²) in [6, 6.07) is 0. The van der Waals surface area contributed by atoms with Crippen molar-refractivity contribution in [1.29, 1.82) is 0 Å². The lowest BCUT2D eigenvalue weighted by Crippen LogP contribution is -2.25. The maximum atomic E-state index is 11.2. The van der Waals surface area contributed by atoms with Gasteiger partial charge < -0.3 is 5.73 Å². The van der Waals surface area contributed by atoms with Gasteiger partial charge in [0.05, 0.1) is 5.75 Å². The highest BCUT2D eigenvalue weighted by Gasteiger charge is 2.26. The molecule has 1 heterocycles. The fourth-order valence-corrected chi connectivity index (χ4v) is 2.66. The third-order valence-electron chi connectivity index (χ3n) is 1.81. The predicted molar refractivity (Wildman–Crippen MR) is 48.2 cm³/mol. The molecule has 0 aromatic rings. The first kappa shape index (κ1) is 9.70. The van der Waals surface area contributed by atoms with E-state index >= 15 is 0 Å². The summed E-state index contributed by atoms with van der Waals surface area (Å²) in [5.41, 5.74) is 5.23. The zero-order valence-corrected chi connectivity index (χ0v) is 7.76. The van der Waals surface area contributed by atoms with Gasteiger partial charge in [0.2, 0.25) is 10.0 Å². The van der Waals surface area contributed by atoms with Gasteiger partial charge in [0, 0.05) is 19.6 Å². The average molecular weight is 190 g/mol. The summed E-state index contributed by atoms with van der Waals surface area (Å²) in [5, 5.41) is 0. The number of nitrogens with zero attached hydrogens (tertiary/aromatic N) is 1. The van der Waals surface area contributed by atoms with Crippen LogP contribution in [-0.2, 0) is 10.0 Å². The second-order valence-electron chi connectivity index (χ2n) is 2.73. The standard InChI is InChI=1S/C7H14N2O2S/c8-4-1-2-5-9-6-3-7-12(9,10)11/h1-2H,3-8H2/b2-1+. The number of hydrogen-bond acceptors (Lipinski definition) is 3. The predicted octanol–water partition coefficient (Wildman–Crippen LogP) is -0.463. The van der Waals surface area contributed by atoms with Crippen LogP contribution < -0.4 is 5.73 Å². The molecule has 0 saturated carbocycles. The lowest BCUT2D eigenvalue weighted by molar-refractivity contribution is 0.478. The first-order chi connectivity index (χ1) is 5.67. The van der Waals surface area contributed by atoms with Crippen molar-refractivity contribution in [1.82, 2.24) is 4.31 Å². The van der Waals surface area contributed by atoms with Crippen molar-refractivity contribution in [2.75, 3.05) is 25.4 Å². The minimum absolute atomic E-state index is 0.295. The van der Waals surface area contributed by atoms with Crippen molar-refractivity contribution in [2.45, 2.75) is 6.42 Å². The maximum Gasteiger partial charge on any atom is 0.214 e. The molecule has 2 N–H and O–H groups in total. The van der Waals surface area contributed by atoms with Crippen LogP contribution >= 0.6 is 0 Å². The van der Waals surface area contributed by atoms with Crippen molar-refractivity contribution >= 4 is 10.0 Å². The van der Waals surface area contributed by atoms with Crippen molar-refractivity contribution in [2.24, 2.45) is 5.73 Å². The molecule has 4 nitrogen and oxygen atoms in total. The van der Waals surface area contributed by atoms with Gasteiger partial charge in [-0.05, 0) is 6.42 Å². The number of hydrogen-bond donors (Lipinski definition) is 1. The minimum atomic E-state index is -2.93. The quantitative estimate of drug-likeness (QED) is 0.612. The number of nitrogens with two attached hydrogens (primary N) is 1. The second kappa shape index (κ2) is 4.02. The Morgan fingerprint density at radius 2 is 2.17 bits per heavy atom. The highest BCUT2D eigenvalue weighted by Crippen LogP contribution is 2.12. The molecule has 1 saturated heterocycles. The topological polar surface area (TPSA) is 63.4 Å². The zero-order valence-electron chi connectivity index (χ0n) is 6.94. The van der Waals surface area contributed by atoms with Gasteiger partial charge in [0.1, 0.15) is 0 Å². The van der Waals surface area contributed by atoms with Gasteiger partial charge in [-0.2, -0.15) is 4.31 Å². The van der Waals surface area contributed by atoms with Gasteiger partial charge in [-0.15, -0.1) is 0 Å². The average Bonchev–Trinajstić information content (AvgIpc) is 2.32. The van der Waals surface area contributed by atoms with Crippen molar-refractivity contribution in [3.05, 3.63) is 12.2 Å². The van der Waals surface area contributed by atoms with E-state index in [-0.39, 0.29) is 0 Å². The van der Waals surface area contributed by atoms with E-state index in [0.717, 1.165) is 6.42 Å². The summed E-state index contributed by atoms with van der Waals surface area (Å²) in [7, 11) is -2.93. The van der Waals surface area contributed by atoms with Gasteiger partial charge in [0.15, 0.2) is 0 Å². The molecule has 0 unspecified atom stereocenters. The van der Waals surface area contributed by atoms with Crippen molar-refractivity contribution in [3.8, 4) is 0 Å². The molecule has 0 amide bonds. The van der Waals surface area contributed by atoms with Crippen LogP contribution in [0.2, 0.25) is 0 Å². The molecule has 0 bridgehead atoms. The molecule has 0 atom stereocenters. The summed E-state index contributed by atoms with van der Waals surface area (Å²) < 4.78 is 23.9. The van der Waals surface area contributed by atoms with Gasteiger partial charge in [-0.25, -0.2) is 8.42 Å². The van der Waals surface area contributed by atoms with Crippen LogP contribution in [0, 0.1) is 0 Å². The van der Waals surface area contributed by atoms with E-state index in [9.17, 15) is 8.42 Å². The van der Waals surface area contributed by atoms with Gasteiger partial charge >= 0.3 is 0 Å². The second-order valence-corrected chi connectivity index (χ2v) is 4.82. The van der Waals surface area contributed by atoms with Crippen LogP contribution in [0.25, 0.3) is 0 Å². The molecule has 0 aromatic heterocycles.